The van der Waals surface area contributed by atoms with Crippen molar-refractivity contribution in [2.45, 2.75) is 39.2 Å². The highest BCUT2D eigenvalue weighted by Crippen LogP contribution is 2.23. The maximum absolute atomic E-state index is 12.2. The van der Waals surface area contributed by atoms with Gasteiger partial charge >= 0.3 is 11.9 Å². The standard InChI is InChI=1S/C14H27NO6/c1-4-18-10-11-21-14(8-7-9-15,12(16)19-5-2)13(17)20-6-3/h4-11,15H2,1-3H3. The molecule has 0 aromatic carbocycles. The molecule has 0 rings (SSSR count). The Bertz CT molecular complexity index is 290. The molecule has 0 radical (unpaired) electrons. The van der Waals surface area contributed by atoms with Gasteiger partial charge in [0.05, 0.1) is 26.4 Å². The molecule has 0 saturated carbocycles. The van der Waals surface area contributed by atoms with Gasteiger partial charge in [-0.3, -0.25) is 0 Å². The third-order valence-corrected chi connectivity index (χ3v) is 2.72. The summed E-state index contributed by atoms with van der Waals surface area (Å²) >= 11 is 0. The molecule has 0 aliphatic heterocycles. The van der Waals surface area contributed by atoms with Crippen LogP contribution in [0.4, 0.5) is 0 Å². The van der Waals surface area contributed by atoms with Gasteiger partial charge in [-0.05, 0) is 40.2 Å². The average molecular weight is 305 g/mol. The average Bonchev–Trinajstić information content (AvgIpc) is 2.47. The van der Waals surface area contributed by atoms with E-state index in [9.17, 15) is 9.59 Å². The molecular formula is C14H27NO6. The fourth-order valence-electron chi connectivity index (χ4n) is 1.74. The predicted molar refractivity (Wildman–Crippen MR) is 76.7 cm³/mol. The lowest BCUT2D eigenvalue weighted by atomic mass is 9.97. The van der Waals surface area contributed by atoms with Crippen molar-refractivity contribution in [3.8, 4) is 0 Å². The number of rotatable bonds is 12. The Hall–Kier alpha value is -1.18. The molecule has 0 atom stereocenters. The SMILES string of the molecule is CCOCCOC(CCCN)(C(=O)OCC)C(=O)OCC. The minimum Gasteiger partial charge on any atom is -0.463 e. The molecule has 7 heteroatoms. The van der Waals surface area contributed by atoms with Crippen molar-refractivity contribution in [1.82, 2.24) is 0 Å². The van der Waals surface area contributed by atoms with Crippen LogP contribution in [0, 0.1) is 0 Å². The van der Waals surface area contributed by atoms with Gasteiger partial charge in [0.2, 0.25) is 0 Å². The van der Waals surface area contributed by atoms with Crippen LogP contribution in [-0.2, 0) is 28.5 Å². The molecule has 0 unspecified atom stereocenters. The van der Waals surface area contributed by atoms with E-state index >= 15 is 0 Å². The Morgan fingerprint density at radius 3 is 1.95 bits per heavy atom. The lowest BCUT2D eigenvalue weighted by Crippen LogP contribution is -2.52. The zero-order valence-electron chi connectivity index (χ0n) is 13.2. The molecule has 0 heterocycles. The lowest BCUT2D eigenvalue weighted by Gasteiger charge is -2.29. The van der Waals surface area contributed by atoms with E-state index in [1.807, 2.05) is 6.92 Å². The number of hydrogen-bond acceptors (Lipinski definition) is 7. The van der Waals surface area contributed by atoms with E-state index in [1.54, 1.807) is 13.8 Å². The van der Waals surface area contributed by atoms with E-state index in [4.69, 9.17) is 24.7 Å². The summed E-state index contributed by atoms with van der Waals surface area (Å²) in [5.41, 5.74) is 3.71. The number of carbonyl (C=O) groups is 2. The molecule has 0 aromatic heterocycles. The maximum Gasteiger partial charge on any atom is 0.350 e. The molecule has 21 heavy (non-hydrogen) atoms. The molecule has 0 aliphatic carbocycles. The maximum atomic E-state index is 12.2. The quantitative estimate of drug-likeness (QED) is 0.321. The minimum atomic E-state index is -1.76. The summed E-state index contributed by atoms with van der Waals surface area (Å²) in [7, 11) is 0. The number of ether oxygens (including phenoxy) is 4. The number of carbonyl (C=O) groups excluding carboxylic acids is 2. The van der Waals surface area contributed by atoms with Crippen molar-refractivity contribution in [2.75, 3.05) is 39.6 Å². The summed E-state index contributed by atoms with van der Waals surface area (Å²) in [5.74, 6) is -1.48. The molecule has 0 spiro atoms. The fourth-order valence-corrected chi connectivity index (χ4v) is 1.74. The normalized spacial score (nSPS) is 11.2. The van der Waals surface area contributed by atoms with Gasteiger partial charge in [-0.1, -0.05) is 0 Å². The molecule has 0 aromatic rings. The third kappa shape index (κ3) is 6.41. The summed E-state index contributed by atoms with van der Waals surface area (Å²) < 4.78 is 20.7. The molecule has 0 amide bonds. The first-order valence-electron chi connectivity index (χ1n) is 7.35. The van der Waals surface area contributed by atoms with Crippen LogP contribution in [0.15, 0.2) is 0 Å². The number of nitrogens with two attached hydrogens (primary N) is 1. The van der Waals surface area contributed by atoms with Crippen molar-refractivity contribution >= 4 is 11.9 Å². The van der Waals surface area contributed by atoms with Gasteiger partial charge in [-0.2, -0.15) is 0 Å². The smallest absolute Gasteiger partial charge is 0.350 e. The van der Waals surface area contributed by atoms with Crippen LogP contribution in [0.5, 0.6) is 0 Å². The van der Waals surface area contributed by atoms with E-state index in [-0.39, 0.29) is 32.8 Å². The van der Waals surface area contributed by atoms with Crippen LogP contribution in [0.2, 0.25) is 0 Å². The van der Waals surface area contributed by atoms with Gasteiger partial charge in [0.25, 0.3) is 5.60 Å². The van der Waals surface area contributed by atoms with Crippen molar-refractivity contribution in [2.24, 2.45) is 5.73 Å². The van der Waals surface area contributed by atoms with Gasteiger partial charge < -0.3 is 24.7 Å². The summed E-state index contributed by atoms with van der Waals surface area (Å²) in [6.45, 7) is 6.70. The Morgan fingerprint density at radius 2 is 1.52 bits per heavy atom. The van der Waals surface area contributed by atoms with E-state index in [2.05, 4.69) is 0 Å². The predicted octanol–water partition coefficient (Wildman–Crippen LogP) is 0.643. The number of esters is 2. The topological polar surface area (TPSA) is 97.1 Å². The van der Waals surface area contributed by atoms with Gasteiger partial charge in [0.15, 0.2) is 0 Å². The van der Waals surface area contributed by atoms with Gasteiger partial charge in [-0.15, -0.1) is 0 Å². The van der Waals surface area contributed by atoms with E-state index < -0.39 is 17.5 Å². The molecule has 0 fully saturated rings. The summed E-state index contributed by atoms with van der Waals surface area (Å²) in [6, 6.07) is 0. The van der Waals surface area contributed by atoms with Crippen LogP contribution in [-0.4, -0.2) is 57.1 Å². The fraction of sp³-hybridized carbons (Fsp3) is 0.857. The molecular weight excluding hydrogens is 278 g/mol. The monoisotopic (exact) mass is 305 g/mol. The molecule has 0 saturated heterocycles. The zero-order valence-corrected chi connectivity index (χ0v) is 13.2. The van der Waals surface area contributed by atoms with E-state index in [0.29, 0.717) is 19.6 Å². The summed E-state index contributed by atoms with van der Waals surface area (Å²) in [5, 5.41) is 0. The Morgan fingerprint density at radius 1 is 0.952 bits per heavy atom. The van der Waals surface area contributed by atoms with Crippen molar-refractivity contribution < 1.29 is 28.5 Å². The highest BCUT2D eigenvalue weighted by atomic mass is 16.6. The van der Waals surface area contributed by atoms with Crippen molar-refractivity contribution in [1.29, 1.82) is 0 Å². The minimum absolute atomic E-state index is 0.0933. The Labute approximate surface area is 126 Å². The van der Waals surface area contributed by atoms with E-state index in [1.165, 1.54) is 0 Å². The van der Waals surface area contributed by atoms with Gasteiger partial charge in [-0.25, -0.2) is 9.59 Å². The molecule has 2 N–H and O–H groups in total. The molecule has 0 bridgehead atoms. The molecule has 0 aliphatic rings. The van der Waals surface area contributed by atoms with Crippen LogP contribution in [0.3, 0.4) is 0 Å². The highest BCUT2D eigenvalue weighted by Gasteiger charge is 2.49. The van der Waals surface area contributed by atoms with Crippen LogP contribution in [0.1, 0.15) is 33.6 Å². The molecule has 124 valence electrons. The Kier molecular flexibility index (Phi) is 10.8. The zero-order chi connectivity index (χ0) is 16.1. The van der Waals surface area contributed by atoms with Crippen LogP contribution in [0.25, 0.3) is 0 Å². The largest absolute Gasteiger partial charge is 0.463 e. The summed E-state index contributed by atoms with van der Waals surface area (Å²) in [6.07, 6.45) is 0.555. The first kappa shape index (κ1) is 19.8. The molecule has 7 nitrogen and oxygen atoms in total. The second kappa shape index (κ2) is 11.5. The third-order valence-electron chi connectivity index (χ3n) is 2.72. The van der Waals surface area contributed by atoms with Crippen LogP contribution >= 0.6 is 0 Å². The Balaban J connectivity index is 5.08. The highest BCUT2D eigenvalue weighted by molar-refractivity contribution is 6.03. The number of hydrogen-bond donors (Lipinski definition) is 1. The van der Waals surface area contributed by atoms with Gasteiger partial charge in [0, 0.05) is 6.61 Å². The summed E-state index contributed by atoms with van der Waals surface area (Å²) in [4.78, 5) is 24.4. The van der Waals surface area contributed by atoms with Gasteiger partial charge in [0.1, 0.15) is 0 Å². The first-order chi connectivity index (χ1) is 10.1. The van der Waals surface area contributed by atoms with Crippen molar-refractivity contribution in [3.63, 3.8) is 0 Å². The second-order valence-corrected chi connectivity index (χ2v) is 4.21. The first-order valence-corrected chi connectivity index (χ1v) is 7.35. The van der Waals surface area contributed by atoms with Crippen LogP contribution < -0.4 is 5.73 Å². The lowest BCUT2D eigenvalue weighted by molar-refractivity contribution is -0.193. The van der Waals surface area contributed by atoms with Crippen molar-refractivity contribution in [3.05, 3.63) is 0 Å². The van der Waals surface area contributed by atoms with E-state index in [0.717, 1.165) is 0 Å². The second-order valence-electron chi connectivity index (χ2n) is 4.21.